The molecular formula is C4H7Cl3O. The zero-order chi connectivity index (χ0) is 7.00. The summed E-state index contributed by atoms with van der Waals surface area (Å²) in [6.45, 7) is 2.75. The molecule has 0 saturated heterocycles. The topological polar surface area (TPSA) is 20.2 Å². The maximum atomic E-state index is 8.86. The average molecular weight is 177 g/mol. The molecule has 0 heterocycles. The third-order valence-corrected chi connectivity index (χ3v) is 2.11. The third kappa shape index (κ3) is 2.40. The molecule has 1 nitrogen and oxygen atoms in total. The van der Waals surface area contributed by atoms with Crippen LogP contribution in [-0.2, 0) is 0 Å². The van der Waals surface area contributed by atoms with Crippen molar-refractivity contribution in [2.75, 3.05) is 0 Å². The molecule has 0 amide bonds. The molecule has 1 unspecified atom stereocenters. The Labute approximate surface area is 63.5 Å². The molecule has 0 aromatic heterocycles. The van der Waals surface area contributed by atoms with Gasteiger partial charge in [0, 0.05) is 0 Å². The van der Waals surface area contributed by atoms with Gasteiger partial charge in [0.25, 0.3) is 0 Å². The molecule has 0 spiro atoms. The molecule has 0 bridgehead atoms. The quantitative estimate of drug-likeness (QED) is 0.609. The minimum Gasteiger partial charge on any atom is -0.372 e. The number of halogens is 3. The van der Waals surface area contributed by atoms with Crippen molar-refractivity contribution in [2.24, 2.45) is 0 Å². The first kappa shape index (κ1) is 8.83. The van der Waals surface area contributed by atoms with Crippen molar-refractivity contribution >= 4 is 34.8 Å². The van der Waals surface area contributed by atoms with Crippen LogP contribution in [0.3, 0.4) is 0 Å². The van der Waals surface area contributed by atoms with Crippen LogP contribution in [0.15, 0.2) is 0 Å². The Balaban J connectivity index is 4.02. The highest BCUT2D eigenvalue weighted by Gasteiger charge is 2.37. The van der Waals surface area contributed by atoms with Gasteiger partial charge in [-0.1, -0.05) is 34.8 Å². The van der Waals surface area contributed by atoms with E-state index in [1.807, 2.05) is 0 Å². The molecule has 1 N–H and O–H groups in total. The molecule has 0 saturated carbocycles. The van der Waals surface area contributed by atoms with Crippen LogP contribution >= 0.6 is 34.8 Å². The lowest BCUT2D eigenvalue weighted by atomic mass is 10.3. The Morgan fingerprint density at radius 3 is 1.25 bits per heavy atom. The molecule has 0 radical (unpaired) electrons. The van der Waals surface area contributed by atoms with E-state index in [4.69, 9.17) is 39.9 Å². The molecule has 0 rings (SSSR count). The SMILES string of the molecule is CC(O)(Cl)C(C)(Cl)Cl. The van der Waals surface area contributed by atoms with E-state index in [1.54, 1.807) is 0 Å². The van der Waals surface area contributed by atoms with Crippen molar-refractivity contribution in [3.63, 3.8) is 0 Å². The molecule has 0 aliphatic rings. The third-order valence-electron chi connectivity index (χ3n) is 0.801. The summed E-state index contributed by atoms with van der Waals surface area (Å²) in [5.74, 6) is 0. The highest BCUT2D eigenvalue weighted by atomic mass is 35.5. The van der Waals surface area contributed by atoms with E-state index in [1.165, 1.54) is 13.8 Å². The average Bonchev–Trinajstić information content (AvgIpc) is 1.25. The monoisotopic (exact) mass is 176 g/mol. The first-order valence-electron chi connectivity index (χ1n) is 2.04. The smallest absolute Gasteiger partial charge is 0.168 e. The summed E-state index contributed by atoms with van der Waals surface area (Å²) in [5.41, 5.74) is 0. The van der Waals surface area contributed by atoms with Gasteiger partial charge in [0.2, 0.25) is 0 Å². The molecule has 0 aromatic rings. The van der Waals surface area contributed by atoms with Crippen molar-refractivity contribution in [1.82, 2.24) is 0 Å². The molecule has 8 heavy (non-hydrogen) atoms. The van der Waals surface area contributed by atoms with Crippen LogP contribution in [-0.4, -0.2) is 14.5 Å². The summed E-state index contributed by atoms with van der Waals surface area (Å²) in [6.07, 6.45) is 0. The lowest BCUT2D eigenvalue weighted by Gasteiger charge is -2.25. The zero-order valence-corrected chi connectivity index (χ0v) is 6.85. The fourth-order valence-electron chi connectivity index (χ4n) is 0. The first-order valence-corrected chi connectivity index (χ1v) is 3.17. The lowest BCUT2D eigenvalue weighted by Crippen LogP contribution is -2.35. The maximum absolute atomic E-state index is 8.86. The van der Waals surface area contributed by atoms with Gasteiger partial charge < -0.3 is 5.11 Å². The van der Waals surface area contributed by atoms with Gasteiger partial charge in [-0.2, -0.15) is 0 Å². The second kappa shape index (κ2) is 2.22. The van der Waals surface area contributed by atoms with Crippen LogP contribution in [0.4, 0.5) is 0 Å². The number of hydrogen-bond donors (Lipinski definition) is 1. The highest BCUT2D eigenvalue weighted by Crippen LogP contribution is 2.35. The van der Waals surface area contributed by atoms with E-state index in [2.05, 4.69) is 0 Å². The second-order valence-corrected chi connectivity index (χ2v) is 4.28. The number of rotatable bonds is 1. The molecule has 4 heteroatoms. The van der Waals surface area contributed by atoms with E-state index >= 15 is 0 Å². The standard InChI is InChI=1S/C4H7Cl3O/c1-3(5,6)4(2,7)8/h8H,1-2H3. The summed E-state index contributed by atoms with van der Waals surface area (Å²) in [6, 6.07) is 0. The maximum Gasteiger partial charge on any atom is 0.168 e. The lowest BCUT2D eigenvalue weighted by molar-refractivity contribution is 0.136. The number of hydrogen-bond acceptors (Lipinski definition) is 1. The Bertz CT molecular complexity index is 66.3. The Morgan fingerprint density at radius 1 is 1.12 bits per heavy atom. The van der Waals surface area contributed by atoms with E-state index in [0.29, 0.717) is 0 Å². The van der Waals surface area contributed by atoms with Gasteiger partial charge >= 0.3 is 0 Å². The summed E-state index contributed by atoms with van der Waals surface area (Å²) in [5, 5.41) is 7.30. The minimum atomic E-state index is -1.56. The number of alkyl halides is 3. The molecule has 0 aliphatic carbocycles. The summed E-state index contributed by atoms with van der Waals surface area (Å²) in [7, 11) is 0. The van der Waals surface area contributed by atoms with E-state index in [0.717, 1.165) is 0 Å². The van der Waals surface area contributed by atoms with Gasteiger partial charge in [-0.15, -0.1) is 0 Å². The molecule has 50 valence electrons. The van der Waals surface area contributed by atoms with Crippen LogP contribution in [0.1, 0.15) is 13.8 Å². The van der Waals surface area contributed by atoms with Crippen molar-refractivity contribution < 1.29 is 5.11 Å². The fraction of sp³-hybridized carbons (Fsp3) is 1.00. The van der Waals surface area contributed by atoms with Crippen LogP contribution in [0.5, 0.6) is 0 Å². The zero-order valence-electron chi connectivity index (χ0n) is 4.58. The van der Waals surface area contributed by atoms with Crippen molar-refractivity contribution in [3.05, 3.63) is 0 Å². The summed E-state index contributed by atoms with van der Waals surface area (Å²) in [4.78, 5) is 0. The Hall–Kier alpha value is 0.830. The van der Waals surface area contributed by atoms with Gasteiger partial charge in [0.1, 0.15) is 0 Å². The van der Waals surface area contributed by atoms with Gasteiger partial charge in [-0.25, -0.2) is 0 Å². The molecule has 0 aliphatic heterocycles. The highest BCUT2D eigenvalue weighted by molar-refractivity contribution is 6.52. The summed E-state index contributed by atoms with van der Waals surface area (Å²) >= 11 is 16.1. The predicted octanol–water partition coefficient (Wildman–Crippen LogP) is 2.13. The Morgan fingerprint density at radius 2 is 1.25 bits per heavy atom. The van der Waals surface area contributed by atoms with Gasteiger partial charge in [-0.05, 0) is 13.8 Å². The summed E-state index contributed by atoms with van der Waals surface area (Å²) < 4.78 is -1.30. The van der Waals surface area contributed by atoms with Crippen molar-refractivity contribution in [1.29, 1.82) is 0 Å². The molecule has 0 fully saturated rings. The van der Waals surface area contributed by atoms with Gasteiger partial charge in [-0.3, -0.25) is 0 Å². The predicted molar refractivity (Wildman–Crippen MR) is 36.6 cm³/mol. The van der Waals surface area contributed by atoms with Gasteiger partial charge in [0.05, 0.1) is 0 Å². The normalized spacial score (nSPS) is 20.2. The molecule has 1 atom stereocenters. The Kier molecular flexibility index (Phi) is 2.45. The minimum absolute atomic E-state index is 1.30. The van der Waals surface area contributed by atoms with Crippen LogP contribution in [0.2, 0.25) is 0 Å². The van der Waals surface area contributed by atoms with E-state index in [-0.39, 0.29) is 0 Å². The second-order valence-electron chi connectivity index (χ2n) is 1.84. The van der Waals surface area contributed by atoms with E-state index < -0.39 is 9.39 Å². The van der Waals surface area contributed by atoms with Crippen LogP contribution < -0.4 is 0 Å². The van der Waals surface area contributed by atoms with Gasteiger partial charge in [0.15, 0.2) is 9.39 Å². The fourth-order valence-corrected chi connectivity index (χ4v) is 0. The first-order chi connectivity index (χ1) is 3.25. The number of aliphatic hydroxyl groups is 1. The van der Waals surface area contributed by atoms with Crippen LogP contribution in [0, 0.1) is 0 Å². The van der Waals surface area contributed by atoms with Crippen LogP contribution in [0.25, 0.3) is 0 Å². The van der Waals surface area contributed by atoms with Crippen molar-refractivity contribution in [3.8, 4) is 0 Å². The van der Waals surface area contributed by atoms with E-state index in [9.17, 15) is 0 Å². The largest absolute Gasteiger partial charge is 0.372 e. The molecular weight excluding hydrogens is 170 g/mol. The molecule has 0 aromatic carbocycles. The van der Waals surface area contributed by atoms with Crippen molar-refractivity contribution in [2.45, 2.75) is 23.2 Å².